The van der Waals surface area contributed by atoms with E-state index in [0.29, 0.717) is 17.1 Å². The molecule has 0 aliphatic carbocycles. The van der Waals surface area contributed by atoms with Crippen LogP contribution in [0.3, 0.4) is 0 Å². The van der Waals surface area contributed by atoms with Crippen LogP contribution >= 0.6 is 27.5 Å². The van der Waals surface area contributed by atoms with E-state index in [-0.39, 0.29) is 0 Å². The molecule has 1 fully saturated rings. The Bertz CT molecular complexity index is 405. The zero-order valence-electron chi connectivity index (χ0n) is 10.8. The average molecular weight is 333 g/mol. The first kappa shape index (κ1) is 14.1. The van der Waals surface area contributed by atoms with E-state index in [1.165, 1.54) is 25.9 Å². The van der Waals surface area contributed by atoms with Gasteiger partial charge in [-0.1, -0.05) is 11.6 Å². The summed E-state index contributed by atoms with van der Waals surface area (Å²) < 4.78 is 0.949. The fourth-order valence-corrected chi connectivity index (χ4v) is 2.90. The van der Waals surface area contributed by atoms with Crippen molar-refractivity contribution in [1.29, 1.82) is 0 Å². The molecule has 0 spiro atoms. The zero-order valence-corrected chi connectivity index (χ0v) is 13.1. The van der Waals surface area contributed by atoms with E-state index in [2.05, 4.69) is 45.1 Å². The molecule has 1 aliphatic rings. The summed E-state index contributed by atoms with van der Waals surface area (Å²) in [5.41, 5.74) is 0.914. The maximum Gasteiger partial charge on any atom is 0.152 e. The number of nitrogens with one attached hydrogen (secondary N) is 1. The van der Waals surface area contributed by atoms with Crippen molar-refractivity contribution in [3.63, 3.8) is 0 Å². The summed E-state index contributed by atoms with van der Waals surface area (Å²) in [6.45, 7) is 4.59. The Hall–Kier alpha value is -0.320. The van der Waals surface area contributed by atoms with Gasteiger partial charge >= 0.3 is 0 Å². The number of halogens is 2. The lowest BCUT2D eigenvalue weighted by Gasteiger charge is -2.33. The van der Waals surface area contributed by atoms with Crippen LogP contribution < -0.4 is 5.32 Å². The van der Waals surface area contributed by atoms with Gasteiger partial charge in [-0.2, -0.15) is 0 Å². The Morgan fingerprint density at radius 3 is 2.83 bits per heavy atom. The van der Waals surface area contributed by atoms with Crippen LogP contribution in [0.4, 0.5) is 5.69 Å². The fraction of sp³-hybridized carbons (Fsp3) is 0.615. The number of piperidine rings is 1. The predicted octanol–water partition coefficient (Wildman–Crippen LogP) is 3.64. The standard InChI is InChI=1S/C13H19BrClN3/c1-9(10-3-5-18(2)6-4-10)17-12-7-11(14)8-16-13(12)15/h7-10,17H,3-6H2,1-2H3. The van der Waals surface area contributed by atoms with Gasteiger partial charge < -0.3 is 10.2 Å². The molecule has 0 saturated carbocycles. The molecule has 100 valence electrons. The Kier molecular flexibility index (Phi) is 4.87. The van der Waals surface area contributed by atoms with Gasteiger partial charge in [-0.3, -0.25) is 0 Å². The second-order valence-corrected chi connectivity index (χ2v) is 6.34. The van der Waals surface area contributed by atoms with Crippen molar-refractivity contribution < 1.29 is 0 Å². The van der Waals surface area contributed by atoms with E-state index in [4.69, 9.17) is 11.6 Å². The molecule has 0 amide bonds. The topological polar surface area (TPSA) is 28.2 Å². The van der Waals surface area contributed by atoms with Crippen LogP contribution in [0.25, 0.3) is 0 Å². The third-order valence-electron chi connectivity index (χ3n) is 3.66. The normalized spacial score (nSPS) is 19.8. The number of rotatable bonds is 3. The van der Waals surface area contributed by atoms with Crippen molar-refractivity contribution in [2.24, 2.45) is 5.92 Å². The summed E-state index contributed by atoms with van der Waals surface area (Å²) in [6, 6.07) is 2.41. The van der Waals surface area contributed by atoms with Gasteiger partial charge in [-0.25, -0.2) is 4.98 Å². The van der Waals surface area contributed by atoms with E-state index in [9.17, 15) is 0 Å². The van der Waals surface area contributed by atoms with Gasteiger partial charge in [0.15, 0.2) is 5.15 Å². The van der Waals surface area contributed by atoms with Crippen molar-refractivity contribution in [3.05, 3.63) is 21.9 Å². The Morgan fingerprint density at radius 2 is 2.17 bits per heavy atom. The largest absolute Gasteiger partial charge is 0.380 e. The number of nitrogens with zero attached hydrogens (tertiary/aromatic N) is 2. The van der Waals surface area contributed by atoms with Crippen LogP contribution in [0.15, 0.2) is 16.7 Å². The molecule has 1 saturated heterocycles. The molecule has 1 aromatic rings. The lowest BCUT2D eigenvalue weighted by Crippen LogP contribution is -2.37. The molecule has 18 heavy (non-hydrogen) atoms. The Morgan fingerprint density at radius 1 is 1.50 bits per heavy atom. The number of aromatic nitrogens is 1. The number of likely N-dealkylation sites (tertiary alicyclic amines) is 1. The molecule has 5 heteroatoms. The summed E-state index contributed by atoms with van der Waals surface area (Å²) >= 11 is 9.52. The highest BCUT2D eigenvalue weighted by molar-refractivity contribution is 9.10. The average Bonchev–Trinajstić information content (AvgIpc) is 2.34. The minimum atomic E-state index is 0.423. The van der Waals surface area contributed by atoms with Crippen LogP contribution in [0.2, 0.25) is 5.15 Å². The minimum Gasteiger partial charge on any atom is -0.380 e. The van der Waals surface area contributed by atoms with E-state index < -0.39 is 0 Å². The highest BCUT2D eigenvalue weighted by Crippen LogP contribution is 2.27. The van der Waals surface area contributed by atoms with Gasteiger partial charge in [0.2, 0.25) is 0 Å². The van der Waals surface area contributed by atoms with Crippen LogP contribution in [0.5, 0.6) is 0 Å². The van der Waals surface area contributed by atoms with Crippen LogP contribution in [-0.4, -0.2) is 36.1 Å². The van der Waals surface area contributed by atoms with Crippen molar-refractivity contribution in [2.45, 2.75) is 25.8 Å². The molecule has 0 radical (unpaired) electrons. The summed E-state index contributed by atoms with van der Waals surface area (Å²) in [6.07, 6.45) is 4.20. The van der Waals surface area contributed by atoms with Gasteiger partial charge in [-0.15, -0.1) is 0 Å². The smallest absolute Gasteiger partial charge is 0.152 e. The summed E-state index contributed by atoms with van der Waals surface area (Å²) in [4.78, 5) is 6.52. The van der Waals surface area contributed by atoms with Crippen LogP contribution in [-0.2, 0) is 0 Å². The molecular weight excluding hydrogens is 314 g/mol. The summed E-state index contributed by atoms with van der Waals surface area (Å²) in [7, 11) is 2.18. The van der Waals surface area contributed by atoms with E-state index >= 15 is 0 Å². The van der Waals surface area contributed by atoms with E-state index in [1.54, 1.807) is 6.20 Å². The number of anilines is 1. The molecule has 1 N–H and O–H groups in total. The van der Waals surface area contributed by atoms with Gasteiger partial charge in [0, 0.05) is 16.7 Å². The fourth-order valence-electron chi connectivity index (χ4n) is 2.42. The molecule has 1 atom stereocenters. The number of pyridine rings is 1. The molecule has 0 aromatic carbocycles. The molecular formula is C13H19BrClN3. The summed E-state index contributed by atoms with van der Waals surface area (Å²) in [5.74, 6) is 0.705. The van der Waals surface area contributed by atoms with Gasteiger partial charge in [-0.05, 0) is 67.8 Å². The number of hydrogen-bond acceptors (Lipinski definition) is 3. The van der Waals surface area contributed by atoms with Crippen LogP contribution in [0, 0.1) is 5.92 Å². The first-order chi connectivity index (χ1) is 8.56. The zero-order chi connectivity index (χ0) is 13.1. The quantitative estimate of drug-likeness (QED) is 0.857. The molecule has 2 rings (SSSR count). The number of hydrogen-bond donors (Lipinski definition) is 1. The molecule has 1 aromatic heterocycles. The molecule has 2 heterocycles. The third-order valence-corrected chi connectivity index (χ3v) is 4.39. The van der Waals surface area contributed by atoms with E-state index in [0.717, 1.165) is 10.2 Å². The molecule has 1 unspecified atom stereocenters. The molecule has 1 aliphatic heterocycles. The first-order valence-corrected chi connectivity index (χ1v) is 7.49. The summed E-state index contributed by atoms with van der Waals surface area (Å²) in [5, 5.41) is 4.03. The Balaban J connectivity index is 1.98. The third kappa shape index (κ3) is 3.59. The maximum absolute atomic E-state index is 6.10. The van der Waals surface area contributed by atoms with Crippen molar-refractivity contribution in [1.82, 2.24) is 9.88 Å². The van der Waals surface area contributed by atoms with Gasteiger partial charge in [0.25, 0.3) is 0 Å². The first-order valence-electron chi connectivity index (χ1n) is 6.32. The van der Waals surface area contributed by atoms with E-state index in [1.807, 2.05) is 6.07 Å². The Labute approximate surface area is 122 Å². The minimum absolute atomic E-state index is 0.423. The maximum atomic E-state index is 6.10. The van der Waals surface area contributed by atoms with Crippen molar-refractivity contribution in [3.8, 4) is 0 Å². The van der Waals surface area contributed by atoms with Crippen molar-refractivity contribution in [2.75, 3.05) is 25.5 Å². The lowest BCUT2D eigenvalue weighted by molar-refractivity contribution is 0.208. The molecule has 3 nitrogen and oxygen atoms in total. The van der Waals surface area contributed by atoms with Gasteiger partial charge in [0.05, 0.1) is 5.69 Å². The second kappa shape index (κ2) is 6.22. The van der Waals surface area contributed by atoms with Gasteiger partial charge in [0.1, 0.15) is 0 Å². The predicted molar refractivity (Wildman–Crippen MR) is 80.3 cm³/mol. The second-order valence-electron chi connectivity index (χ2n) is 5.07. The highest BCUT2D eigenvalue weighted by atomic mass is 79.9. The lowest BCUT2D eigenvalue weighted by atomic mass is 9.90. The SMILES string of the molecule is CC(Nc1cc(Br)cnc1Cl)C1CCN(C)CC1. The highest BCUT2D eigenvalue weighted by Gasteiger charge is 2.22. The molecule has 0 bridgehead atoms. The monoisotopic (exact) mass is 331 g/mol. The van der Waals surface area contributed by atoms with Crippen LogP contribution in [0.1, 0.15) is 19.8 Å². The van der Waals surface area contributed by atoms with Crippen molar-refractivity contribution >= 4 is 33.2 Å².